The molecule has 1 unspecified atom stereocenters. The van der Waals surface area contributed by atoms with Crippen LogP contribution in [-0.4, -0.2) is 44.2 Å². The molecule has 1 aliphatic rings. The Morgan fingerprint density at radius 3 is 2.46 bits per heavy atom. The third kappa shape index (κ3) is 3.79. The van der Waals surface area contributed by atoms with Crippen LogP contribution in [0, 0.1) is 0 Å². The first-order valence-electron chi connectivity index (χ1n) is 8.55. The minimum Gasteiger partial charge on any atom is -0.497 e. The van der Waals surface area contributed by atoms with Crippen LogP contribution in [0.3, 0.4) is 0 Å². The van der Waals surface area contributed by atoms with Gasteiger partial charge in [-0.05, 0) is 42.8 Å². The second-order valence-electron chi connectivity index (χ2n) is 6.30. The largest absolute Gasteiger partial charge is 0.497 e. The molecule has 0 aliphatic carbocycles. The number of carbonyl (C=O) groups is 1. The standard InChI is InChI=1S/C20H23ClN2O3/c1-14-20(24)23(18-12-16(21)6-9-19(18)26-3)11-10-22(14)13-15-4-7-17(25-2)8-5-15/h4-9,12,14H,10-11,13H2,1-3H3. The summed E-state index contributed by atoms with van der Waals surface area (Å²) in [7, 11) is 3.25. The van der Waals surface area contributed by atoms with Gasteiger partial charge in [0.05, 0.1) is 25.9 Å². The van der Waals surface area contributed by atoms with Gasteiger partial charge in [-0.3, -0.25) is 9.69 Å². The minimum absolute atomic E-state index is 0.0466. The molecule has 1 heterocycles. The lowest BCUT2D eigenvalue weighted by Gasteiger charge is -2.39. The van der Waals surface area contributed by atoms with Crippen LogP contribution in [0.1, 0.15) is 12.5 Å². The molecule has 138 valence electrons. The first-order valence-corrected chi connectivity index (χ1v) is 8.93. The van der Waals surface area contributed by atoms with E-state index in [-0.39, 0.29) is 11.9 Å². The van der Waals surface area contributed by atoms with Gasteiger partial charge in [0, 0.05) is 24.7 Å². The van der Waals surface area contributed by atoms with Crippen molar-refractivity contribution in [2.45, 2.75) is 19.5 Å². The molecule has 0 N–H and O–H groups in total. The fourth-order valence-corrected chi connectivity index (χ4v) is 3.38. The summed E-state index contributed by atoms with van der Waals surface area (Å²) >= 11 is 6.12. The maximum atomic E-state index is 13.0. The summed E-state index contributed by atoms with van der Waals surface area (Å²) in [5, 5.41) is 0.585. The van der Waals surface area contributed by atoms with Crippen molar-refractivity contribution in [3.8, 4) is 11.5 Å². The van der Waals surface area contributed by atoms with Crippen molar-refractivity contribution in [1.82, 2.24) is 4.90 Å². The van der Waals surface area contributed by atoms with Gasteiger partial charge in [-0.15, -0.1) is 0 Å². The van der Waals surface area contributed by atoms with E-state index in [1.54, 1.807) is 37.3 Å². The molecule has 5 nitrogen and oxygen atoms in total. The van der Waals surface area contributed by atoms with Gasteiger partial charge in [0.15, 0.2) is 0 Å². The van der Waals surface area contributed by atoms with Gasteiger partial charge in [-0.25, -0.2) is 0 Å². The number of halogens is 1. The van der Waals surface area contributed by atoms with E-state index in [4.69, 9.17) is 21.1 Å². The molecule has 6 heteroatoms. The molecular weight excluding hydrogens is 352 g/mol. The molecule has 1 amide bonds. The third-order valence-corrected chi connectivity index (χ3v) is 4.99. The highest BCUT2D eigenvalue weighted by atomic mass is 35.5. The van der Waals surface area contributed by atoms with Crippen LogP contribution < -0.4 is 14.4 Å². The summed E-state index contributed by atoms with van der Waals surface area (Å²) in [6.07, 6.45) is 0. The first kappa shape index (κ1) is 18.5. The topological polar surface area (TPSA) is 42.0 Å². The Kier molecular flexibility index (Phi) is 5.69. The van der Waals surface area contributed by atoms with Crippen LogP contribution in [0.4, 0.5) is 5.69 Å². The number of carbonyl (C=O) groups excluding carboxylic acids is 1. The minimum atomic E-state index is -0.227. The van der Waals surface area contributed by atoms with Gasteiger partial charge in [0.1, 0.15) is 11.5 Å². The molecule has 1 saturated heterocycles. The summed E-state index contributed by atoms with van der Waals surface area (Å²) in [4.78, 5) is 16.9. The molecule has 0 radical (unpaired) electrons. The second-order valence-corrected chi connectivity index (χ2v) is 6.74. The zero-order valence-electron chi connectivity index (χ0n) is 15.2. The molecular formula is C20H23ClN2O3. The number of hydrogen-bond donors (Lipinski definition) is 0. The van der Waals surface area contributed by atoms with Gasteiger partial charge in [0.2, 0.25) is 5.91 Å². The first-order chi connectivity index (χ1) is 12.5. The van der Waals surface area contributed by atoms with E-state index < -0.39 is 0 Å². The predicted octanol–water partition coefficient (Wildman–Crippen LogP) is 3.59. The quantitative estimate of drug-likeness (QED) is 0.802. The Bertz CT molecular complexity index is 779. The molecule has 0 saturated carbocycles. The lowest BCUT2D eigenvalue weighted by atomic mass is 10.1. The summed E-state index contributed by atoms with van der Waals surface area (Å²) in [6.45, 7) is 4.02. The van der Waals surface area contributed by atoms with Gasteiger partial charge >= 0.3 is 0 Å². The number of methoxy groups -OCH3 is 2. The summed E-state index contributed by atoms with van der Waals surface area (Å²) in [5.74, 6) is 1.53. The normalized spacial score (nSPS) is 18.1. The summed E-state index contributed by atoms with van der Waals surface area (Å²) in [6, 6.07) is 13.0. The van der Waals surface area contributed by atoms with Crippen molar-refractivity contribution >= 4 is 23.2 Å². The highest BCUT2D eigenvalue weighted by Crippen LogP contribution is 2.33. The Morgan fingerprint density at radius 2 is 1.81 bits per heavy atom. The van der Waals surface area contributed by atoms with Crippen LogP contribution in [0.2, 0.25) is 5.02 Å². The number of rotatable bonds is 5. The van der Waals surface area contributed by atoms with Crippen molar-refractivity contribution < 1.29 is 14.3 Å². The van der Waals surface area contributed by atoms with Crippen LogP contribution >= 0.6 is 11.6 Å². The van der Waals surface area contributed by atoms with Crippen LogP contribution in [0.5, 0.6) is 11.5 Å². The number of ether oxygens (including phenoxy) is 2. The number of nitrogens with zero attached hydrogens (tertiary/aromatic N) is 2. The van der Waals surface area contributed by atoms with E-state index in [0.717, 1.165) is 30.1 Å². The Labute approximate surface area is 159 Å². The number of anilines is 1. The van der Waals surface area contributed by atoms with Gasteiger partial charge in [-0.1, -0.05) is 23.7 Å². The van der Waals surface area contributed by atoms with Crippen LogP contribution in [-0.2, 0) is 11.3 Å². The number of hydrogen-bond acceptors (Lipinski definition) is 4. The van der Waals surface area contributed by atoms with Gasteiger partial charge < -0.3 is 14.4 Å². The monoisotopic (exact) mass is 374 g/mol. The van der Waals surface area contributed by atoms with Gasteiger partial charge in [0.25, 0.3) is 0 Å². The molecule has 0 bridgehead atoms. The molecule has 0 aromatic heterocycles. The summed E-state index contributed by atoms with van der Waals surface area (Å²) in [5.41, 5.74) is 1.88. The van der Waals surface area contributed by atoms with Crippen LogP contribution in [0.25, 0.3) is 0 Å². The highest BCUT2D eigenvalue weighted by Gasteiger charge is 2.33. The zero-order chi connectivity index (χ0) is 18.7. The molecule has 1 fully saturated rings. The van der Waals surface area contributed by atoms with Crippen molar-refractivity contribution in [3.63, 3.8) is 0 Å². The molecule has 2 aromatic carbocycles. The lowest BCUT2D eigenvalue weighted by Crippen LogP contribution is -2.55. The second kappa shape index (κ2) is 7.98. The van der Waals surface area contributed by atoms with Crippen LogP contribution in [0.15, 0.2) is 42.5 Å². The van der Waals surface area contributed by atoms with Crippen molar-refractivity contribution in [1.29, 1.82) is 0 Å². The van der Waals surface area contributed by atoms with Crippen molar-refractivity contribution in [2.24, 2.45) is 0 Å². The third-order valence-electron chi connectivity index (χ3n) is 4.76. The van der Waals surface area contributed by atoms with Crippen molar-refractivity contribution in [2.75, 3.05) is 32.2 Å². The average Bonchev–Trinajstić information content (AvgIpc) is 2.66. The predicted molar refractivity (Wildman–Crippen MR) is 103 cm³/mol. The Balaban J connectivity index is 1.75. The summed E-state index contributed by atoms with van der Waals surface area (Å²) < 4.78 is 10.6. The highest BCUT2D eigenvalue weighted by molar-refractivity contribution is 6.31. The molecule has 1 aliphatic heterocycles. The maximum absolute atomic E-state index is 13.0. The van der Waals surface area contributed by atoms with E-state index >= 15 is 0 Å². The van der Waals surface area contributed by atoms with E-state index in [1.165, 1.54) is 0 Å². The number of benzene rings is 2. The zero-order valence-corrected chi connectivity index (χ0v) is 16.0. The Hall–Kier alpha value is -2.24. The van der Waals surface area contributed by atoms with Crippen molar-refractivity contribution in [3.05, 3.63) is 53.1 Å². The van der Waals surface area contributed by atoms with E-state index in [0.29, 0.717) is 17.3 Å². The fraction of sp³-hybridized carbons (Fsp3) is 0.350. The smallest absolute Gasteiger partial charge is 0.244 e. The number of piperazine rings is 1. The average molecular weight is 375 g/mol. The lowest BCUT2D eigenvalue weighted by molar-refractivity contribution is -0.125. The number of amides is 1. The molecule has 2 aromatic rings. The fourth-order valence-electron chi connectivity index (χ4n) is 3.21. The molecule has 1 atom stereocenters. The maximum Gasteiger partial charge on any atom is 0.244 e. The molecule has 3 rings (SSSR count). The molecule has 26 heavy (non-hydrogen) atoms. The SMILES string of the molecule is COc1ccc(CN2CCN(c3cc(Cl)ccc3OC)C(=O)C2C)cc1. The van der Waals surface area contributed by atoms with Gasteiger partial charge in [-0.2, -0.15) is 0 Å². The Morgan fingerprint density at radius 1 is 1.08 bits per heavy atom. The van der Waals surface area contributed by atoms with E-state index in [9.17, 15) is 4.79 Å². The molecule has 0 spiro atoms. The van der Waals surface area contributed by atoms with E-state index in [2.05, 4.69) is 4.90 Å². The van der Waals surface area contributed by atoms with E-state index in [1.807, 2.05) is 31.2 Å².